The van der Waals surface area contributed by atoms with Crippen molar-refractivity contribution in [2.75, 3.05) is 13.1 Å². The summed E-state index contributed by atoms with van der Waals surface area (Å²) in [6.07, 6.45) is 3.59. The largest absolute Gasteiger partial charge is 0.347 e. The second-order valence-corrected chi connectivity index (χ2v) is 3.91. The number of imidazole rings is 1. The molecule has 13 heavy (non-hydrogen) atoms. The molecule has 3 N–H and O–H groups in total. The lowest BCUT2D eigenvalue weighted by Crippen LogP contribution is -2.28. The summed E-state index contributed by atoms with van der Waals surface area (Å²) in [6, 6.07) is 0.336. The molecule has 1 aliphatic rings. The molecule has 0 aromatic carbocycles. The standard InChI is InChI=1S/C9H16N4/c1-7-3-13(5-9(7)10)4-8-2-11-6-12-8/h2,6-7,9H,3-5,10H2,1H3,(H,11,12). The lowest BCUT2D eigenvalue weighted by Gasteiger charge is -2.13. The van der Waals surface area contributed by atoms with Crippen LogP contribution in [0.5, 0.6) is 0 Å². The van der Waals surface area contributed by atoms with Crippen molar-refractivity contribution >= 4 is 0 Å². The number of hydrogen-bond acceptors (Lipinski definition) is 3. The van der Waals surface area contributed by atoms with Crippen LogP contribution in [0.2, 0.25) is 0 Å². The van der Waals surface area contributed by atoms with Gasteiger partial charge in [-0.05, 0) is 5.92 Å². The summed E-state index contributed by atoms with van der Waals surface area (Å²) in [5.74, 6) is 0.614. The van der Waals surface area contributed by atoms with E-state index in [1.165, 1.54) is 5.69 Å². The highest BCUT2D eigenvalue weighted by Gasteiger charge is 2.26. The number of hydrogen-bond donors (Lipinski definition) is 2. The van der Waals surface area contributed by atoms with E-state index in [9.17, 15) is 0 Å². The van der Waals surface area contributed by atoms with Crippen molar-refractivity contribution in [1.29, 1.82) is 0 Å². The van der Waals surface area contributed by atoms with E-state index < -0.39 is 0 Å². The lowest BCUT2D eigenvalue weighted by molar-refractivity contribution is 0.315. The monoisotopic (exact) mass is 180 g/mol. The number of rotatable bonds is 2. The quantitative estimate of drug-likeness (QED) is 0.683. The van der Waals surface area contributed by atoms with Gasteiger partial charge in [0.15, 0.2) is 0 Å². The zero-order chi connectivity index (χ0) is 9.26. The predicted octanol–water partition coefficient (Wildman–Crippen LogP) is 0.189. The van der Waals surface area contributed by atoms with Crippen molar-refractivity contribution < 1.29 is 0 Å². The Labute approximate surface area is 78.1 Å². The molecule has 72 valence electrons. The molecule has 2 heterocycles. The summed E-state index contributed by atoms with van der Waals surface area (Å²) in [7, 11) is 0. The SMILES string of the molecule is CC1CN(Cc2cnc[nH]2)CC1N. The van der Waals surface area contributed by atoms with Crippen molar-refractivity contribution in [3.05, 3.63) is 18.2 Å². The van der Waals surface area contributed by atoms with Crippen molar-refractivity contribution in [2.24, 2.45) is 11.7 Å². The third kappa shape index (κ3) is 1.89. The average Bonchev–Trinajstić information content (AvgIpc) is 2.64. The first-order chi connectivity index (χ1) is 6.25. The van der Waals surface area contributed by atoms with E-state index in [0.717, 1.165) is 19.6 Å². The van der Waals surface area contributed by atoms with E-state index in [-0.39, 0.29) is 0 Å². The summed E-state index contributed by atoms with van der Waals surface area (Å²) < 4.78 is 0. The van der Waals surface area contributed by atoms with Gasteiger partial charge in [-0.25, -0.2) is 4.98 Å². The van der Waals surface area contributed by atoms with Crippen LogP contribution in [0, 0.1) is 5.92 Å². The molecule has 1 aromatic rings. The topological polar surface area (TPSA) is 57.9 Å². The zero-order valence-electron chi connectivity index (χ0n) is 7.90. The van der Waals surface area contributed by atoms with Crippen LogP contribution < -0.4 is 5.73 Å². The first-order valence-corrected chi connectivity index (χ1v) is 4.71. The van der Waals surface area contributed by atoms with Gasteiger partial charge in [-0.3, -0.25) is 4.90 Å². The van der Waals surface area contributed by atoms with Gasteiger partial charge in [0.2, 0.25) is 0 Å². The number of nitrogens with zero attached hydrogens (tertiary/aromatic N) is 2. The highest BCUT2D eigenvalue weighted by atomic mass is 15.2. The molecule has 0 aliphatic carbocycles. The first kappa shape index (κ1) is 8.72. The van der Waals surface area contributed by atoms with E-state index >= 15 is 0 Å². The number of aromatic nitrogens is 2. The average molecular weight is 180 g/mol. The number of likely N-dealkylation sites (tertiary alicyclic amines) is 1. The molecule has 0 spiro atoms. The summed E-state index contributed by atoms with van der Waals surface area (Å²) in [5.41, 5.74) is 7.10. The molecular formula is C9H16N4. The van der Waals surface area contributed by atoms with Gasteiger partial charge in [-0.2, -0.15) is 0 Å². The van der Waals surface area contributed by atoms with E-state index in [4.69, 9.17) is 5.73 Å². The van der Waals surface area contributed by atoms with Crippen LogP contribution in [0.25, 0.3) is 0 Å². The third-order valence-electron chi connectivity index (χ3n) is 2.69. The molecule has 2 unspecified atom stereocenters. The Hall–Kier alpha value is -0.870. The molecule has 2 atom stereocenters. The molecule has 0 amide bonds. The van der Waals surface area contributed by atoms with E-state index in [2.05, 4.69) is 21.8 Å². The fourth-order valence-electron chi connectivity index (χ4n) is 1.84. The fourth-order valence-corrected chi connectivity index (χ4v) is 1.84. The number of nitrogens with two attached hydrogens (primary N) is 1. The summed E-state index contributed by atoms with van der Waals surface area (Å²) in [4.78, 5) is 9.45. The van der Waals surface area contributed by atoms with E-state index in [1.807, 2.05) is 6.20 Å². The van der Waals surface area contributed by atoms with Crippen LogP contribution in [-0.4, -0.2) is 34.0 Å². The highest BCUT2D eigenvalue weighted by Crippen LogP contribution is 2.15. The van der Waals surface area contributed by atoms with Gasteiger partial charge >= 0.3 is 0 Å². The normalized spacial score (nSPS) is 29.7. The Balaban J connectivity index is 1.91. The first-order valence-electron chi connectivity index (χ1n) is 4.71. The van der Waals surface area contributed by atoms with Gasteiger partial charge in [-0.15, -0.1) is 0 Å². The van der Waals surface area contributed by atoms with Crippen molar-refractivity contribution in [1.82, 2.24) is 14.9 Å². The Morgan fingerprint density at radius 1 is 1.69 bits per heavy atom. The maximum atomic E-state index is 5.93. The van der Waals surface area contributed by atoms with Crippen LogP contribution in [0.1, 0.15) is 12.6 Å². The van der Waals surface area contributed by atoms with Crippen LogP contribution in [0.3, 0.4) is 0 Å². The molecule has 1 aliphatic heterocycles. The van der Waals surface area contributed by atoms with Gasteiger partial charge in [0.1, 0.15) is 0 Å². The molecule has 4 heteroatoms. The zero-order valence-corrected chi connectivity index (χ0v) is 7.90. The van der Waals surface area contributed by atoms with Crippen LogP contribution in [-0.2, 0) is 6.54 Å². The molecule has 0 radical (unpaired) electrons. The number of nitrogens with one attached hydrogen (secondary N) is 1. The molecule has 1 saturated heterocycles. The third-order valence-corrected chi connectivity index (χ3v) is 2.69. The van der Waals surface area contributed by atoms with Gasteiger partial charge in [0.05, 0.1) is 6.33 Å². The highest BCUT2D eigenvalue weighted by molar-refractivity contribution is 4.96. The van der Waals surface area contributed by atoms with Crippen LogP contribution in [0.15, 0.2) is 12.5 Å². The molecule has 4 nitrogen and oxygen atoms in total. The van der Waals surface area contributed by atoms with Crippen LogP contribution >= 0.6 is 0 Å². The Morgan fingerprint density at radius 2 is 2.54 bits per heavy atom. The van der Waals surface area contributed by atoms with Crippen LogP contribution in [0.4, 0.5) is 0 Å². The van der Waals surface area contributed by atoms with E-state index in [0.29, 0.717) is 12.0 Å². The molecule has 2 rings (SSSR count). The second kappa shape index (κ2) is 3.47. The predicted molar refractivity (Wildman–Crippen MR) is 51.0 cm³/mol. The van der Waals surface area contributed by atoms with Crippen molar-refractivity contribution in [3.8, 4) is 0 Å². The lowest BCUT2D eigenvalue weighted by atomic mass is 10.1. The minimum atomic E-state index is 0.336. The molecule has 1 aromatic heterocycles. The Morgan fingerprint density at radius 3 is 3.08 bits per heavy atom. The van der Waals surface area contributed by atoms with Crippen molar-refractivity contribution in [2.45, 2.75) is 19.5 Å². The number of aromatic amines is 1. The maximum Gasteiger partial charge on any atom is 0.0922 e. The molecular weight excluding hydrogens is 164 g/mol. The molecule has 0 bridgehead atoms. The minimum absolute atomic E-state index is 0.336. The van der Waals surface area contributed by atoms with Gasteiger partial charge < -0.3 is 10.7 Å². The Bertz CT molecular complexity index is 247. The second-order valence-electron chi connectivity index (χ2n) is 3.91. The fraction of sp³-hybridized carbons (Fsp3) is 0.667. The Kier molecular flexibility index (Phi) is 2.33. The molecule has 1 fully saturated rings. The summed E-state index contributed by atoms with van der Waals surface area (Å²) in [5, 5.41) is 0. The summed E-state index contributed by atoms with van der Waals surface area (Å²) in [6.45, 7) is 5.25. The minimum Gasteiger partial charge on any atom is -0.347 e. The number of H-pyrrole nitrogens is 1. The van der Waals surface area contributed by atoms with Gasteiger partial charge in [0.25, 0.3) is 0 Å². The van der Waals surface area contributed by atoms with Gasteiger partial charge in [0, 0.05) is 37.6 Å². The van der Waals surface area contributed by atoms with E-state index in [1.54, 1.807) is 6.33 Å². The van der Waals surface area contributed by atoms with Gasteiger partial charge in [-0.1, -0.05) is 6.92 Å². The summed E-state index contributed by atoms with van der Waals surface area (Å²) >= 11 is 0. The smallest absolute Gasteiger partial charge is 0.0922 e. The van der Waals surface area contributed by atoms with Crippen molar-refractivity contribution in [3.63, 3.8) is 0 Å². The maximum absolute atomic E-state index is 5.93. The molecule has 0 saturated carbocycles.